The zero-order valence-electron chi connectivity index (χ0n) is 9.29. The summed E-state index contributed by atoms with van der Waals surface area (Å²) in [5.41, 5.74) is 6.38. The number of ether oxygens (including phenoxy) is 1. The minimum atomic E-state index is 0.560. The van der Waals surface area contributed by atoms with Crippen LogP contribution in [0.2, 0.25) is 5.02 Å². The first-order valence-electron chi connectivity index (χ1n) is 5.31. The van der Waals surface area contributed by atoms with Crippen LogP contribution in [-0.4, -0.2) is 6.61 Å². The second kappa shape index (κ2) is 5.86. The number of benzene rings is 1. The largest absolute Gasteiger partial charge is 0.491 e. The molecule has 0 saturated carbocycles. The lowest BCUT2D eigenvalue weighted by molar-refractivity contribution is 0.253. The predicted octanol–water partition coefficient (Wildman–Crippen LogP) is 3.74. The fraction of sp³-hybridized carbons (Fsp3) is 0.500. The van der Waals surface area contributed by atoms with Crippen molar-refractivity contribution in [2.24, 2.45) is 5.92 Å². The third kappa shape index (κ3) is 4.00. The molecule has 0 saturated heterocycles. The molecular weight excluding hydrogens is 210 g/mol. The molecular formula is C12H18ClNO. The average Bonchev–Trinajstić information content (AvgIpc) is 2.17. The van der Waals surface area contributed by atoms with Crippen molar-refractivity contribution in [1.29, 1.82) is 0 Å². The third-order valence-corrected chi connectivity index (χ3v) is 2.51. The van der Waals surface area contributed by atoms with E-state index in [9.17, 15) is 0 Å². The Bertz CT molecular complexity index is 314. The summed E-state index contributed by atoms with van der Waals surface area (Å²) in [6.45, 7) is 5.06. The van der Waals surface area contributed by atoms with Crippen LogP contribution in [0.1, 0.15) is 26.7 Å². The first-order valence-corrected chi connectivity index (χ1v) is 5.69. The van der Waals surface area contributed by atoms with Crippen molar-refractivity contribution in [3.05, 3.63) is 23.2 Å². The fourth-order valence-electron chi connectivity index (χ4n) is 1.46. The lowest BCUT2D eigenvalue weighted by atomic mass is 10.1. The van der Waals surface area contributed by atoms with Crippen LogP contribution in [0.4, 0.5) is 5.69 Å². The number of halogens is 1. The van der Waals surface area contributed by atoms with Gasteiger partial charge in [0.2, 0.25) is 0 Å². The minimum Gasteiger partial charge on any atom is -0.491 e. The van der Waals surface area contributed by atoms with E-state index < -0.39 is 0 Å². The molecule has 1 atom stereocenters. The third-order valence-electron chi connectivity index (χ3n) is 2.28. The van der Waals surface area contributed by atoms with Gasteiger partial charge in [-0.25, -0.2) is 0 Å². The van der Waals surface area contributed by atoms with Gasteiger partial charge in [-0.05, 0) is 30.5 Å². The Morgan fingerprint density at radius 3 is 2.80 bits per heavy atom. The summed E-state index contributed by atoms with van der Waals surface area (Å²) in [6, 6.07) is 5.31. The van der Waals surface area contributed by atoms with Crippen molar-refractivity contribution in [3.63, 3.8) is 0 Å². The first kappa shape index (κ1) is 12.2. The van der Waals surface area contributed by atoms with E-state index >= 15 is 0 Å². The molecule has 1 unspecified atom stereocenters. The van der Waals surface area contributed by atoms with E-state index in [1.807, 2.05) is 6.07 Å². The van der Waals surface area contributed by atoms with Crippen molar-refractivity contribution < 1.29 is 4.74 Å². The molecule has 0 fully saturated rings. The molecule has 0 aliphatic rings. The Morgan fingerprint density at radius 1 is 1.47 bits per heavy atom. The average molecular weight is 228 g/mol. The highest BCUT2D eigenvalue weighted by Gasteiger charge is 2.04. The van der Waals surface area contributed by atoms with Crippen LogP contribution in [0, 0.1) is 5.92 Å². The maximum atomic E-state index is 5.79. The molecule has 0 heterocycles. The van der Waals surface area contributed by atoms with E-state index in [1.165, 1.54) is 12.8 Å². The molecule has 1 aromatic carbocycles. The van der Waals surface area contributed by atoms with Crippen LogP contribution in [0.15, 0.2) is 18.2 Å². The second-order valence-corrected chi connectivity index (χ2v) is 4.32. The molecule has 15 heavy (non-hydrogen) atoms. The van der Waals surface area contributed by atoms with E-state index in [0.717, 1.165) is 5.75 Å². The lowest BCUT2D eigenvalue weighted by Gasteiger charge is -2.13. The van der Waals surface area contributed by atoms with Gasteiger partial charge in [0.15, 0.2) is 0 Å². The Kier molecular flexibility index (Phi) is 4.76. The van der Waals surface area contributed by atoms with E-state index in [2.05, 4.69) is 13.8 Å². The summed E-state index contributed by atoms with van der Waals surface area (Å²) in [5.74, 6) is 1.28. The van der Waals surface area contributed by atoms with Crippen molar-refractivity contribution >= 4 is 17.3 Å². The Hall–Kier alpha value is -0.890. The Labute approximate surface area is 96.4 Å². The quantitative estimate of drug-likeness (QED) is 0.778. The molecule has 0 amide bonds. The van der Waals surface area contributed by atoms with Crippen molar-refractivity contribution in [3.8, 4) is 5.75 Å². The van der Waals surface area contributed by atoms with Crippen molar-refractivity contribution in [2.75, 3.05) is 12.3 Å². The van der Waals surface area contributed by atoms with E-state index in [4.69, 9.17) is 22.1 Å². The van der Waals surface area contributed by atoms with E-state index in [0.29, 0.717) is 23.2 Å². The number of nitrogens with two attached hydrogens (primary N) is 1. The summed E-state index contributed by atoms with van der Waals surface area (Å²) in [6.07, 6.45) is 2.36. The van der Waals surface area contributed by atoms with Gasteiger partial charge >= 0.3 is 0 Å². The molecule has 0 radical (unpaired) electrons. The van der Waals surface area contributed by atoms with Gasteiger partial charge < -0.3 is 10.5 Å². The molecule has 0 aromatic heterocycles. The van der Waals surface area contributed by atoms with Gasteiger partial charge in [0, 0.05) is 5.02 Å². The molecule has 0 spiro atoms. The molecule has 0 aliphatic carbocycles. The minimum absolute atomic E-state index is 0.560. The standard InChI is InChI=1S/C12H18ClNO/c1-3-4-9(2)8-15-12-6-5-10(13)7-11(12)14/h5-7,9H,3-4,8,14H2,1-2H3. The monoisotopic (exact) mass is 227 g/mol. The van der Waals surface area contributed by atoms with Crippen molar-refractivity contribution in [2.45, 2.75) is 26.7 Å². The normalized spacial score (nSPS) is 12.5. The summed E-state index contributed by atoms with van der Waals surface area (Å²) in [5, 5.41) is 0.640. The van der Waals surface area contributed by atoms with Crippen LogP contribution in [0.3, 0.4) is 0 Å². The van der Waals surface area contributed by atoms with Gasteiger partial charge in [0.1, 0.15) is 5.75 Å². The van der Waals surface area contributed by atoms with Gasteiger partial charge in [-0.1, -0.05) is 31.9 Å². The SMILES string of the molecule is CCCC(C)COc1ccc(Cl)cc1N. The Morgan fingerprint density at radius 2 is 2.20 bits per heavy atom. The zero-order valence-corrected chi connectivity index (χ0v) is 10.1. The maximum absolute atomic E-state index is 5.79. The van der Waals surface area contributed by atoms with Crippen LogP contribution < -0.4 is 10.5 Å². The predicted molar refractivity (Wildman–Crippen MR) is 65.4 cm³/mol. The molecule has 0 bridgehead atoms. The molecule has 1 rings (SSSR count). The lowest BCUT2D eigenvalue weighted by Crippen LogP contribution is -2.09. The summed E-state index contributed by atoms with van der Waals surface area (Å²) in [4.78, 5) is 0. The van der Waals surface area contributed by atoms with E-state index in [1.54, 1.807) is 12.1 Å². The van der Waals surface area contributed by atoms with Crippen LogP contribution in [-0.2, 0) is 0 Å². The van der Waals surface area contributed by atoms with Crippen LogP contribution in [0.5, 0.6) is 5.75 Å². The second-order valence-electron chi connectivity index (χ2n) is 3.89. The first-order chi connectivity index (χ1) is 7.13. The number of hydrogen-bond donors (Lipinski definition) is 1. The smallest absolute Gasteiger partial charge is 0.142 e. The molecule has 3 heteroatoms. The van der Waals surface area contributed by atoms with Crippen LogP contribution >= 0.6 is 11.6 Å². The number of rotatable bonds is 5. The highest BCUT2D eigenvalue weighted by atomic mass is 35.5. The van der Waals surface area contributed by atoms with Gasteiger partial charge in [-0.2, -0.15) is 0 Å². The van der Waals surface area contributed by atoms with Gasteiger partial charge in [0.25, 0.3) is 0 Å². The highest BCUT2D eigenvalue weighted by molar-refractivity contribution is 6.30. The summed E-state index contributed by atoms with van der Waals surface area (Å²) < 4.78 is 5.62. The van der Waals surface area contributed by atoms with E-state index in [-0.39, 0.29) is 0 Å². The topological polar surface area (TPSA) is 35.2 Å². The summed E-state index contributed by atoms with van der Waals surface area (Å²) >= 11 is 5.79. The zero-order chi connectivity index (χ0) is 11.3. The molecule has 2 N–H and O–H groups in total. The fourth-order valence-corrected chi connectivity index (χ4v) is 1.64. The maximum Gasteiger partial charge on any atom is 0.142 e. The molecule has 0 aliphatic heterocycles. The van der Waals surface area contributed by atoms with Gasteiger partial charge in [-0.15, -0.1) is 0 Å². The molecule has 1 aromatic rings. The summed E-state index contributed by atoms with van der Waals surface area (Å²) in [7, 11) is 0. The molecule has 84 valence electrons. The van der Waals surface area contributed by atoms with Gasteiger partial charge in [0.05, 0.1) is 12.3 Å². The number of hydrogen-bond acceptors (Lipinski definition) is 2. The number of anilines is 1. The van der Waals surface area contributed by atoms with Crippen molar-refractivity contribution in [1.82, 2.24) is 0 Å². The Balaban J connectivity index is 2.50. The number of nitrogen functional groups attached to an aromatic ring is 1. The molecule has 2 nitrogen and oxygen atoms in total. The van der Waals surface area contributed by atoms with Crippen LogP contribution in [0.25, 0.3) is 0 Å². The highest BCUT2D eigenvalue weighted by Crippen LogP contribution is 2.25. The van der Waals surface area contributed by atoms with Gasteiger partial charge in [-0.3, -0.25) is 0 Å².